The first-order valence-electron chi connectivity index (χ1n) is 11.9. The third-order valence-electron chi connectivity index (χ3n) is 7.88. The summed E-state index contributed by atoms with van der Waals surface area (Å²) in [6.45, 7) is 9.45. The van der Waals surface area contributed by atoms with Gasteiger partial charge >= 0.3 is 0 Å². The van der Waals surface area contributed by atoms with Crippen molar-refractivity contribution in [3.05, 3.63) is 0 Å². The molecule has 2 saturated carbocycles. The molecule has 0 bridgehead atoms. The first-order chi connectivity index (χ1) is 13.3. The van der Waals surface area contributed by atoms with Crippen LogP contribution in [0.1, 0.15) is 85.5 Å². The summed E-state index contributed by atoms with van der Waals surface area (Å²) in [5, 5.41) is 0. The monoisotopic (exact) mass is 400 g/mol. The second-order valence-corrected chi connectivity index (χ2v) is 10.4. The summed E-state index contributed by atoms with van der Waals surface area (Å²) in [5.74, 6) is 3.03. The quantitative estimate of drug-likeness (QED) is 0.485. The highest BCUT2D eigenvalue weighted by Crippen LogP contribution is 2.40. The van der Waals surface area contributed by atoms with Gasteiger partial charge < -0.3 is 9.47 Å². The van der Waals surface area contributed by atoms with E-state index in [0.29, 0.717) is 18.9 Å². The Morgan fingerprint density at radius 2 is 1.64 bits per heavy atom. The molecule has 164 valence electrons. The lowest BCUT2D eigenvalue weighted by Crippen LogP contribution is -2.54. The fourth-order valence-electron chi connectivity index (χ4n) is 5.63. The molecular formula is C24H42F2O2. The van der Waals surface area contributed by atoms with Crippen LogP contribution in [0.3, 0.4) is 0 Å². The first-order valence-corrected chi connectivity index (χ1v) is 11.9. The molecule has 1 saturated heterocycles. The SMILES string of the molecule is CC1CCC(C(C)CCC(C)COC2CC3CCC(C)OC3C(F)C2F)CC1. The molecule has 0 N–H and O–H groups in total. The van der Waals surface area contributed by atoms with Crippen LogP contribution in [0.15, 0.2) is 0 Å². The number of rotatable bonds is 7. The summed E-state index contributed by atoms with van der Waals surface area (Å²) < 4.78 is 40.8. The van der Waals surface area contributed by atoms with E-state index in [4.69, 9.17) is 9.47 Å². The summed E-state index contributed by atoms with van der Waals surface area (Å²) in [6, 6.07) is 0. The smallest absolute Gasteiger partial charge is 0.160 e. The zero-order valence-corrected chi connectivity index (χ0v) is 18.4. The molecule has 3 rings (SSSR count). The second kappa shape index (κ2) is 10.2. The van der Waals surface area contributed by atoms with Crippen LogP contribution in [-0.2, 0) is 9.47 Å². The van der Waals surface area contributed by atoms with Crippen molar-refractivity contribution in [3.63, 3.8) is 0 Å². The fourth-order valence-corrected chi connectivity index (χ4v) is 5.63. The van der Waals surface area contributed by atoms with E-state index in [1.54, 1.807) is 0 Å². The van der Waals surface area contributed by atoms with Gasteiger partial charge in [-0.25, -0.2) is 8.78 Å². The highest BCUT2D eigenvalue weighted by Gasteiger charge is 2.49. The van der Waals surface area contributed by atoms with Gasteiger partial charge in [-0.1, -0.05) is 40.0 Å². The minimum absolute atomic E-state index is 0.0403. The lowest BCUT2D eigenvalue weighted by atomic mass is 9.75. The predicted molar refractivity (Wildman–Crippen MR) is 110 cm³/mol. The van der Waals surface area contributed by atoms with Crippen LogP contribution < -0.4 is 0 Å². The van der Waals surface area contributed by atoms with Gasteiger partial charge in [0.15, 0.2) is 12.3 Å². The Morgan fingerprint density at radius 3 is 2.36 bits per heavy atom. The molecule has 8 unspecified atom stereocenters. The summed E-state index contributed by atoms with van der Waals surface area (Å²) >= 11 is 0. The topological polar surface area (TPSA) is 18.5 Å². The van der Waals surface area contributed by atoms with Crippen molar-refractivity contribution in [2.24, 2.45) is 29.6 Å². The standard InChI is InChI=1S/C24H42F2O2/c1-15-6-10-19(11-7-15)17(3)8-5-16(2)14-27-21-13-20-12-9-18(4)28-24(20)23(26)22(21)25/h15-24H,5-14H2,1-4H3. The van der Waals surface area contributed by atoms with Gasteiger partial charge in [-0.3, -0.25) is 0 Å². The van der Waals surface area contributed by atoms with Gasteiger partial charge in [0.25, 0.3) is 0 Å². The maximum atomic E-state index is 14.6. The molecule has 1 aliphatic heterocycles. The first kappa shape index (κ1) is 22.5. The molecule has 4 heteroatoms. The van der Waals surface area contributed by atoms with Gasteiger partial charge in [-0.05, 0) is 75.0 Å². The summed E-state index contributed by atoms with van der Waals surface area (Å²) in [6.07, 6.45) is 6.06. The summed E-state index contributed by atoms with van der Waals surface area (Å²) in [4.78, 5) is 0. The van der Waals surface area contributed by atoms with Gasteiger partial charge in [0.1, 0.15) is 0 Å². The molecule has 28 heavy (non-hydrogen) atoms. The number of halogens is 2. The van der Waals surface area contributed by atoms with Gasteiger partial charge in [0, 0.05) is 6.61 Å². The van der Waals surface area contributed by atoms with E-state index in [9.17, 15) is 8.78 Å². The van der Waals surface area contributed by atoms with Crippen LogP contribution >= 0.6 is 0 Å². The van der Waals surface area contributed by atoms with E-state index in [-0.39, 0.29) is 12.0 Å². The highest BCUT2D eigenvalue weighted by atomic mass is 19.2. The summed E-state index contributed by atoms with van der Waals surface area (Å²) in [7, 11) is 0. The van der Waals surface area contributed by atoms with E-state index >= 15 is 0 Å². The molecule has 0 amide bonds. The Balaban J connectivity index is 1.38. The van der Waals surface area contributed by atoms with Crippen molar-refractivity contribution in [1.82, 2.24) is 0 Å². The van der Waals surface area contributed by atoms with Gasteiger partial charge in [0.2, 0.25) is 0 Å². The van der Waals surface area contributed by atoms with Crippen molar-refractivity contribution in [1.29, 1.82) is 0 Å². The van der Waals surface area contributed by atoms with Crippen molar-refractivity contribution < 1.29 is 18.3 Å². The van der Waals surface area contributed by atoms with Gasteiger partial charge in [-0.2, -0.15) is 0 Å². The van der Waals surface area contributed by atoms with E-state index in [2.05, 4.69) is 20.8 Å². The average Bonchev–Trinajstić information content (AvgIpc) is 2.68. The number of alkyl halides is 2. The zero-order valence-electron chi connectivity index (χ0n) is 18.4. The van der Waals surface area contributed by atoms with E-state index < -0.39 is 24.6 Å². The Kier molecular flexibility index (Phi) is 8.18. The second-order valence-electron chi connectivity index (χ2n) is 10.4. The largest absolute Gasteiger partial charge is 0.375 e. The maximum Gasteiger partial charge on any atom is 0.160 e. The number of ether oxygens (including phenoxy) is 2. The molecule has 0 aromatic rings. The number of fused-ring (bicyclic) bond motifs is 1. The number of hydrogen-bond donors (Lipinski definition) is 0. The minimum atomic E-state index is -1.55. The normalized spacial score (nSPS) is 43.9. The van der Waals surface area contributed by atoms with Gasteiger partial charge in [-0.15, -0.1) is 0 Å². The Bertz CT molecular complexity index is 464. The zero-order chi connectivity index (χ0) is 20.3. The Labute approximate surface area is 171 Å². The van der Waals surface area contributed by atoms with Crippen molar-refractivity contribution >= 4 is 0 Å². The lowest BCUT2D eigenvalue weighted by Gasteiger charge is -2.44. The van der Waals surface area contributed by atoms with Gasteiger partial charge in [0.05, 0.1) is 18.3 Å². The van der Waals surface area contributed by atoms with E-state index in [1.165, 1.54) is 32.1 Å². The molecule has 3 aliphatic rings. The average molecular weight is 401 g/mol. The molecule has 0 radical (unpaired) electrons. The minimum Gasteiger partial charge on any atom is -0.375 e. The molecule has 2 nitrogen and oxygen atoms in total. The van der Waals surface area contributed by atoms with Crippen LogP contribution in [0.2, 0.25) is 0 Å². The van der Waals surface area contributed by atoms with Crippen molar-refractivity contribution in [3.8, 4) is 0 Å². The molecule has 0 aromatic carbocycles. The third-order valence-corrected chi connectivity index (χ3v) is 7.88. The summed E-state index contributed by atoms with van der Waals surface area (Å²) in [5.41, 5.74) is 0. The van der Waals surface area contributed by atoms with E-state index in [0.717, 1.165) is 37.0 Å². The number of hydrogen-bond acceptors (Lipinski definition) is 2. The molecule has 0 aromatic heterocycles. The maximum absolute atomic E-state index is 14.6. The Morgan fingerprint density at radius 1 is 0.929 bits per heavy atom. The predicted octanol–water partition coefficient (Wildman–Crippen LogP) is 6.51. The van der Waals surface area contributed by atoms with Crippen LogP contribution in [0.4, 0.5) is 8.78 Å². The highest BCUT2D eigenvalue weighted by molar-refractivity contribution is 4.97. The lowest BCUT2D eigenvalue weighted by molar-refractivity contribution is -0.180. The van der Waals surface area contributed by atoms with Crippen LogP contribution in [0.5, 0.6) is 0 Å². The molecule has 2 aliphatic carbocycles. The van der Waals surface area contributed by atoms with Crippen molar-refractivity contribution in [2.45, 2.75) is 116 Å². The Hall–Kier alpha value is -0.220. The molecule has 8 atom stereocenters. The van der Waals surface area contributed by atoms with Crippen molar-refractivity contribution in [2.75, 3.05) is 6.61 Å². The molecule has 0 spiro atoms. The molecule has 3 fully saturated rings. The van der Waals surface area contributed by atoms with Crippen LogP contribution in [0, 0.1) is 29.6 Å². The van der Waals surface area contributed by atoms with Crippen LogP contribution in [0.25, 0.3) is 0 Å². The third kappa shape index (κ3) is 5.68. The van der Waals surface area contributed by atoms with E-state index in [1.807, 2.05) is 6.92 Å². The fraction of sp³-hybridized carbons (Fsp3) is 1.00. The molecule has 1 heterocycles. The van der Waals surface area contributed by atoms with Crippen LogP contribution in [-0.4, -0.2) is 37.3 Å². The molecular weight excluding hydrogens is 358 g/mol.